The molecule has 0 bridgehead atoms. The molecule has 92 valence electrons. The predicted octanol–water partition coefficient (Wildman–Crippen LogP) is 2.52. The van der Waals surface area contributed by atoms with Crippen molar-refractivity contribution in [2.45, 2.75) is 19.8 Å². The van der Waals surface area contributed by atoms with Crippen molar-refractivity contribution in [3.8, 4) is 0 Å². The largest absolute Gasteiger partial charge is 0.469 e. The van der Waals surface area contributed by atoms with Crippen molar-refractivity contribution in [2.24, 2.45) is 0 Å². The van der Waals surface area contributed by atoms with Gasteiger partial charge >= 0.3 is 5.97 Å². The molecular formula is C13H15ClO3. The van der Waals surface area contributed by atoms with Crippen molar-refractivity contribution in [2.75, 3.05) is 13.0 Å². The molecule has 0 radical (unpaired) electrons. The highest BCUT2D eigenvalue weighted by molar-refractivity contribution is 6.19. The van der Waals surface area contributed by atoms with Gasteiger partial charge in [0.05, 0.1) is 13.5 Å². The third-order valence-corrected chi connectivity index (χ3v) is 2.82. The van der Waals surface area contributed by atoms with Gasteiger partial charge in [-0.2, -0.15) is 0 Å². The lowest BCUT2D eigenvalue weighted by Crippen LogP contribution is -2.09. The lowest BCUT2D eigenvalue weighted by molar-refractivity contribution is -0.139. The molecule has 0 atom stereocenters. The summed E-state index contributed by atoms with van der Waals surface area (Å²) in [4.78, 5) is 23.0. The molecule has 3 nitrogen and oxygen atoms in total. The van der Waals surface area contributed by atoms with Crippen LogP contribution in [0.15, 0.2) is 18.2 Å². The van der Waals surface area contributed by atoms with Crippen LogP contribution in [0, 0.1) is 6.92 Å². The molecule has 0 saturated carbocycles. The monoisotopic (exact) mass is 254 g/mol. The molecule has 0 aliphatic rings. The molecule has 0 saturated heterocycles. The Labute approximate surface area is 106 Å². The summed E-state index contributed by atoms with van der Waals surface area (Å²) in [5.41, 5.74) is 2.28. The first-order valence-corrected chi connectivity index (χ1v) is 5.88. The maximum absolute atomic E-state index is 11.8. The zero-order valence-electron chi connectivity index (χ0n) is 9.96. The van der Waals surface area contributed by atoms with Crippen LogP contribution in [-0.4, -0.2) is 24.7 Å². The average molecular weight is 255 g/mol. The quantitative estimate of drug-likeness (QED) is 0.461. The number of hydrogen-bond donors (Lipinski definition) is 0. The van der Waals surface area contributed by atoms with E-state index >= 15 is 0 Å². The number of ether oxygens (including phenoxy) is 1. The fourth-order valence-corrected chi connectivity index (χ4v) is 1.80. The highest BCUT2D eigenvalue weighted by Gasteiger charge is 2.13. The molecule has 17 heavy (non-hydrogen) atoms. The summed E-state index contributed by atoms with van der Waals surface area (Å²) in [7, 11) is 1.35. The second-order valence-corrected chi connectivity index (χ2v) is 4.08. The summed E-state index contributed by atoms with van der Waals surface area (Å²) in [6, 6.07) is 5.35. The first-order chi connectivity index (χ1) is 8.10. The first-order valence-electron chi connectivity index (χ1n) is 5.34. The van der Waals surface area contributed by atoms with Crippen LogP contribution in [0.4, 0.5) is 0 Å². The molecule has 1 rings (SSSR count). The standard InChI is InChI=1S/C13H15ClO3/c1-9-10(8-13(16)17-2)4-3-5-11(9)12(15)6-7-14/h3-5H,6-8H2,1-2H3. The van der Waals surface area contributed by atoms with Gasteiger partial charge in [0.15, 0.2) is 5.78 Å². The van der Waals surface area contributed by atoms with Crippen molar-refractivity contribution in [1.82, 2.24) is 0 Å². The predicted molar refractivity (Wildman–Crippen MR) is 66.6 cm³/mol. The maximum atomic E-state index is 11.8. The maximum Gasteiger partial charge on any atom is 0.309 e. The van der Waals surface area contributed by atoms with Crippen molar-refractivity contribution >= 4 is 23.4 Å². The zero-order valence-corrected chi connectivity index (χ0v) is 10.7. The molecule has 0 amide bonds. The number of carbonyl (C=O) groups is 2. The summed E-state index contributed by atoms with van der Waals surface area (Å²) in [5, 5.41) is 0. The molecule has 0 aromatic heterocycles. The molecule has 4 heteroatoms. The van der Waals surface area contributed by atoms with Crippen molar-refractivity contribution in [3.05, 3.63) is 34.9 Å². The van der Waals surface area contributed by atoms with E-state index in [4.69, 9.17) is 11.6 Å². The minimum atomic E-state index is -0.310. The van der Waals surface area contributed by atoms with Crippen LogP contribution in [0.1, 0.15) is 27.9 Å². The van der Waals surface area contributed by atoms with Crippen LogP contribution in [0.3, 0.4) is 0 Å². The molecule has 1 aromatic carbocycles. The number of benzene rings is 1. The number of methoxy groups -OCH3 is 1. The van der Waals surface area contributed by atoms with Crippen molar-refractivity contribution in [1.29, 1.82) is 0 Å². The van der Waals surface area contributed by atoms with E-state index < -0.39 is 0 Å². The fraction of sp³-hybridized carbons (Fsp3) is 0.385. The summed E-state index contributed by atoms with van der Waals surface area (Å²) >= 11 is 5.55. The summed E-state index contributed by atoms with van der Waals surface area (Å²) < 4.78 is 4.61. The Hall–Kier alpha value is -1.35. The fourth-order valence-electron chi connectivity index (χ4n) is 1.63. The van der Waals surface area contributed by atoms with E-state index in [9.17, 15) is 9.59 Å². The van der Waals surface area contributed by atoms with Gasteiger partial charge in [0.1, 0.15) is 0 Å². The molecule has 1 aromatic rings. The molecule has 0 N–H and O–H groups in total. The number of ketones is 1. The Morgan fingerprint density at radius 1 is 1.35 bits per heavy atom. The molecule has 0 aliphatic carbocycles. The van der Waals surface area contributed by atoms with Crippen LogP contribution in [-0.2, 0) is 16.0 Å². The first kappa shape index (κ1) is 13.7. The van der Waals surface area contributed by atoms with Crippen LogP contribution >= 0.6 is 11.6 Å². The molecule has 0 spiro atoms. The summed E-state index contributed by atoms with van der Waals surface area (Å²) in [6.07, 6.45) is 0.494. The highest BCUT2D eigenvalue weighted by Crippen LogP contribution is 2.16. The van der Waals surface area contributed by atoms with Gasteiger partial charge in [-0.25, -0.2) is 0 Å². The van der Waals surface area contributed by atoms with E-state index in [1.807, 2.05) is 13.0 Å². The van der Waals surface area contributed by atoms with Gasteiger partial charge in [-0.15, -0.1) is 11.6 Å². The number of halogens is 1. The van der Waals surface area contributed by atoms with E-state index in [1.54, 1.807) is 12.1 Å². The average Bonchev–Trinajstić information content (AvgIpc) is 2.32. The van der Waals surface area contributed by atoms with Gasteiger partial charge in [0, 0.05) is 17.9 Å². The molecular weight excluding hydrogens is 240 g/mol. The molecule has 0 aliphatic heterocycles. The molecule has 0 heterocycles. The number of Topliss-reactive ketones (excluding diaryl/α,β-unsaturated/α-hetero) is 1. The Bertz CT molecular complexity index is 427. The van der Waals surface area contributed by atoms with Crippen LogP contribution in [0.2, 0.25) is 0 Å². The third-order valence-electron chi connectivity index (χ3n) is 2.63. The minimum Gasteiger partial charge on any atom is -0.469 e. The highest BCUT2D eigenvalue weighted by atomic mass is 35.5. The van der Waals surface area contributed by atoms with Gasteiger partial charge in [-0.1, -0.05) is 18.2 Å². The van der Waals surface area contributed by atoms with E-state index in [0.717, 1.165) is 11.1 Å². The number of alkyl halides is 1. The molecule has 0 unspecified atom stereocenters. The Morgan fingerprint density at radius 3 is 2.65 bits per heavy atom. The number of rotatable bonds is 5. The van der Waals surface area contributed by atoms with Crippen molar-refractivity contribution in [3.63, 3.8) is 0 Å². The van der Waals surface area contributed by atoms with E-state index in [1.165, 1.54) is 7.11 Å². The Balaban J connectivity index is 2.98. The molecule has 0 fully saturated rings. The van der Waals surface area contributed by atoms with Gasteiger partial charge < -0.3 is 4.74 Å². The topological polar surface area (TPSA) is 43.4 Å². The van der Waals surface area contributed by atoms with E-state index in [0.29, 0.717) is 17.9 Å². The second-order valence-electron chi connectivity index (χ2n) is 3.70. The minimum absolute atomic E-state index is 0.00390. The van der Waals surface area contributed by atoms with Crippen molar-refractivity contribution < 1.29 is 14.3 Å². The van der Waals surface area contributed by atoms with E-state index in [2.05, 4.69) is 4.74 Å². The van der Waals surface area contributed by atoms with Gasteiger partial charge in [-0.3, -0.25) is 9.59 Å². The summed E-state index contributed by atoms with van der Waals surface area (Å²) in [5.74, 6) is -0.00118. The summed E-state index contributed by atoms with van der Waals surface area (Å²) in [6.45, 7) is 1.83. The SMILES string of the molecule is COC(=O)Cc1cccc(C(=O)CCCl)c1C. The normalized spacial score (nSPS) is 10.1. The Kier molecular flexibility index (Phi) is 5.16. The lowest BCUT2D eigenvalue weighted by Gasteiger charge is -2.09. The smallest absolute Gasteiger partial charge is 0.309 e. The van der Waals surface area contributed by atoms with Gasteiger partial charge in [-0.05, 0) is 18.1 Å². The van der Waals surface area contributed by atoms with Crippen LogP contribution < -0.4 is 0 Å². The lowest BCUT2D eigenvalue weighted by atomic mass is 9.96. The zero-order chi connectivity index (χ0) is 12.8. The van der Waals surface area contributed by atoms with Crippen LogP contribution in [0.25, 0.3) is 0 Å². The second kappa shape index (κ2) is 6.40. The Morgan fingerprint density at radius 2 is 2.06 bits per heavy atom. The van der Waals surface area contributed by atoms with Gasteiger partial charge in [0.2, 0.25) is 0 Å². The van der Waals surface area contributed by atoms with Crippen LogP contribution in [0.5, 0.6) is 0 Å². The number of carbonyl (C=O) groups excluding carboxylic acids is 2. The van der Waals surface area contributed by atoms with E-state index in [-0.39, 0.29) is 18.2 Å². The number of esters is 1. The third kappa shape index (κ3) is 3.56. The van der Waals surface area contributed by atoms with Gasteiger partial charge in [0.25, 0.3) is 0 Å². The number of hydrogen-bond acceptors (Lipinski definition) is 3.